The van der Waals surface area contributed by atoms with Gasteiger partial charge in [-0.2, -0.15) is 0 Å². The Balaban J connectivity index is 2.05. The Morgan fingerprint density at radius 3 is 2.85 bits per heavy atom. The number of para-hydroxylation sites is 1. The standard InChI is InChI=1S/C15H20N2O3/c1-10-9-17(13-7-5-4-6-12(10)13)11(2)15(19)16-8-14(18)20-3/h4-7,10-11H,8-9H2,1-3H3,(H,16,19)/t10-,11+/m0/s1. The number of amides is 1. The lowest BCUT2D eigenvalue weighted by Gasteiger charge is -2.26. The molecule has 1 aromatic rings. The fraction of sp³-hybridized carbons (Fsp3) is 0.467. The summed E-state index contributed by atoms with van der Waals surface area (Å²) in [6.45, 7) is 4.72. The van der Waals surface area contributed by atoms with E-state index in [1.807, 2.05) is 25.1 Å². The molecule has 0 radical (unpaired) electrons. The van der Waals surface area contributed by atoms with Crippen molar-refractivity contribution in [3.8, 4) is 0 Å². The Morgan fingerprint density at radius 1 is 1.45 bits per heavy atom. The van der Waals surface area contributed by atoms with E-state index in [1.54, 1.807) is 0 Å². The average Bonchev–Trinajstić information content (AvgIpc) is 2.81. The summed E-state index contributed by atoms with van der Waals surface area (Å²) >= 11 is 0. The molecule has 5 nitrogen and oxygen atoms in total. The molecule has 1 aromatic carbocycles. The molecular formula is C15H20N2O3. The van der Waals surface area contributed by atoms with Gasteiger partial charge in [0.05, 0.1) is 7.11 Å². The van der Waals surface area contributed by atoms with E-state index in [4.69, 9.17) is 0 Å². The largest absolute Gasteiger partial charge is 0.468 e. The minimum Gasteiger partial charge on any atom is -0.468 e. The van der Waals surface area contributed by atoms with Crippen LogP contribution in [0.2, 0.25) is 0 Å². The zero-order valence-corrected chi connectivity index (χ0v) is 12.1. The van der Waals surface area contributed by atoms with Gasteiger partial charge in [0.1, 0.15) is 12.6 Å². The van der Waals surface area contributed by atoms with Crippen LogP contribution >= 0.6 is 0 Å². The number of fused-ring (bicyclic) bond motifs is 1. The molecule has 1 aliphatic rings. The minimum atomic E-state index is -0.444. The van der Waals surface area contributed by atoms with Crippen LogP contribution in [-0.2, 0) is 14.3 Å². The number of carbonyl (C=O) groups excluding carboxylic acids is 2. The zero-order chi connectivity index (χ0) is 14.7. The van der Waals surface area contributed by atoms with Crippen LogP contribution < -0.4 is 10.2 Å². The van der Waals surface area contributed by atoms with E-state index in [0.29, 0.717) is 5.92 Å². The van der Waals surface area contributed by atoms with Crippen LogP contribution in [-0.4, -0.2) is 38.1 Å². The van der Waals surface area contributed by atoms with Gasteiger partial charge in [-0.05, 0) is 18.6 Å². The topological polar surface area (TPSA) is 58.6 Å². The molecular weight excluding hydrogens is 256 g/mol. The lowest BCUT2D eigenvalue weighted by Crippen LogP contribution is -2.46. The number of benzene rings is 1. The molecule has 1 N–H and O–H groups in total. The normalized spacial score (nSPS) is 18.4. The number of carbonyl (C=O) groups is 2. The lowest BCUT2D eigenvalue weighted by atomic mass is 10.0. The molecule has 0 aliphatic carbocycles. The predicted octanol–water partition coefficient (Wildman–Crippen LogP) is 1.29. The molecule has 1 aliphatic heterocycles. The maximum absolute atomic E-state index is 12.1. The number of hydrogen-bond donors (Lipinski definition) is 1. The summed E-state index contributed by atoms with van der Waals surface area (Å²) in [5, 5.41) is 2.60. The summed E-state index contributed by atoms with van der Waals surface area (Å²) in [4.78, 5) is 25.2. The van der Waals surface area contributed by atoms with Crippen molar-refractivity contribution in [2.75, 3.05) is 25.1 Å². The van der Waals surface area contributed by atoms with Gasteiger partial charge in [0.25, 0.3) is 0 Å². The number of methoxy groups -OCH3 is 1. The van der Waals surface area contributed by atoms with Crippen LogP contribution in [0.3, 0.4) is 0 Å². The smallest absolute Gasteiger partial charge is 0.325 e. The summed E-state index contributed by atoms with van der Waals surface area (Å²) in [5.74, 6) is -0.206. The van der Waals surface area contributed by atoms with E-state index in [9.17, 15) is 9.59 Å². The molecule has 0 aromatic heterocycles. The monoisotopic (exact) mass is 276 g/mol. The van der Waals surface area contributed by atoms with Crippen LogP contribution in [0.15, 0.2) is 24.3 Å². The van der Waals surface area contributed by atoms with E-state index < -0.39 is 5.97 Å². The van der Waals surface area contributed by atoms with Gasteiger partial charge in [-0.25, -0.2) is 0 Å². The van der Waals surface area contributed by atoms with E-state index in [0.717, 1.165) is 12.2 Å². The summed E-state index contributed by atoms with van der Waals surface area (Å²) in [6.07, 6.45) is 0. The zero-order valence-electron chi connectivity index (χ0n) is 12.1. The van der Waals surface area contributed by atoms with Crippen molar-refractivity contribution in [1.82, 2.24) is 5.32 Å². The van der Waals surface area contributed by atoms with Crippen LogP contribution in [0.1, 0.15) is 25.3 Å². The van der Waals surface area contributed by atoms with Crippen molar-refractivity contribution < 1.29 is 14.3 Å². The van der Waals surface area contributed by atoms with E-state index in [1.165, 1.54) is 12.7 Å². The van der Waals surface area contributed by atoms with E-state index in [2.05, 4.69) is 27.9 Å². The number of anilines is 1. The van der Waals surface area contributed by atoms with E-state index in [-0.39, 0.29) is 18.5 Å². The van der Waals surface area contributed by atoms with Crippen molar-refractivity contribution in [2.45, 2.75) is 25.8 Å². The van der Waals surface area contributed by atoms with Gasteiger partial charge in [-0.15, -0.1) is 0 Å². The molecule has 2 rings (SSSR count). The second-order valence-corrected chi connectivity index (χ2v) is 5.08. The van der Waals surface area contributed by atoms with Gasteiger partial charge in [-0.3, -0.25) is 9.59 Å². The molecule has 0 saturated heterocycles. The molecule has 1 heterocycles. The second kappa shape index (κ2) is 5.94. The number of hydrogen-bond acceptors (Lipinski definition) is 4. The second-order valence-electron chi connectivity index (χ2n) is 5.08. The van der Waals surface area contributed by atoms with Crippen LogP contribution in [0.25, 0.3) is 0 Å². The van der Waals surface area contributed by atoms with Crippen LogP contribution in [0, 0.1) is 0 Å². The summed E-state index contributed by atoms with van der Waals surface area (Å²) in [6, 6.07) is 7.80. The van der Waals surface area contributed by atoms with Gasteiger partial charge < -0.3 is 15.0 Å². The highest BCUT2D eigenvalue weighted by Gasteiger charge is 2.31. The molecule has 0 fully saturated rings. The van der Waals surface area contributed by atoms with E-state index >= 15 is 0 Å². The fourth-order valence-corrected chi connectivity index (χ4v) is 2.54. The Labute approximate surface area is 118 Å². The Morgan fingerprint density at radius 2 is 2.15 bits per heavy atom. The number of nitrogens with one attached hydrogen (secondary N) is 1. The van der Waals surface area contributed by atoms with Crippen LogP contribution in [0.5, 0.6) is 0 Å². The lowest BCUT2D eigenvalue weighted by molar-refractivity contribution is -0.141. The highest BCUT2D eigenvalue weighted by atomic mass is 16.5. The quantitative estimate of drug-likeness (QED) is 0.842. The maximum Gasteiger partial charge on any atom is 0.325 e. The molecule has 0 bridgehead atoms. The van der Waals surface area contributed by atoms with Crippen molar-refractivity contribution in [2.24, 2.45) is 0 Å². The highest BCUT2D eigenvalue weighted by Crippen LogP contribution is 2.36. The first-order valence-electron chi connectivity index (χ1n) is 6.74. The summed E-state index contributed by atoms with van der Waals surface area (Å²) < 4.78 is 4.51. The van der Waals surface area contributed by atoms with Crippen LogP contribution in [0.4, 0.5) is 5.69 Å². The van der Waals surface area contributed by atoms with Crippen molar-refractivity contribution in [3.63, 3.8) is 0 Å². The molecule has 0 spiro atoms. The van der Waals surface area contributed by atoms with Crippen molar-refractivity contribution in [1.29, 1.82) is 0 Å². The fourth-order valence-electron chi connectivity index (χ4n) is 2.54. The number of esters is 1. The first-order chi connectivity index (χ1) is 9.54. The van der Waals surface area contributed by atoms with Gasteiger partial charge in [0, 0.05) is 18.2 Å². The third-order valence-corrected chi connectivity index (χ3v) is 3.73. The van der Waals surface area contributed by atoms with Crippen molar-refractivity contribution >= 4 is 17.6 Å². The average molecular weight is 276 g/mol. The Hall–Kier alpha value is -2.04. The number of rotatable bonds is 4. The molecule has 0 unspecified atom stereocenters. The molecule has 0 saturated carbocycles. The predicted molar refractivity (Wildman–Crippen MR) is 76.7 cm³/mol. The first-order valence-corrected chi connectivity index (χ1v) is 6.74. The third kappa shape index (κ3) is 2.76. The van der Waals surface area contributed by atoms with Crippen molar-refractivity contribution in [3.05, 3.63) is 29.8 Å². The van der Waals surface area contributed by atoms with Gasteiger partial charge in [0.2, 0.25) is 5.91 Å². The Bertz CT molecular complexity index is 516. The SMILES string of the molecule is COC(=O)CNC(=O)[C@@H](C)N1C[C@H](C)c2ccccc21. The summed E-state index contributed by atoms with van der Waals surface area (Å²) in [7, 11) is 1.30. The minimum absolute atomic E-state index is 0.0925. The maximum atomic E-state index is 12.1. The first kappa shape index (κ1) is 14.4. The molecule has 108 valence electrons. The highest BCUT2D eigenvalue weighted by molar-refractivity contribution is 5.88. The van der Waals surface area contributed by atoms with Gasteiger partial charge in [0.15, 0.2) is 0 Å². The molecule has 5 heteroatoms. The summed E-state index contributed by atoms with van der Waals surface area (Å²) in [5.41, 5.74) is 2.36. The van der Waals surface area contributed by atoms with Gasteiger partial charge >= 0.3 is 5.97 Å². The Kier molecular flexibility index (Phi) is 4.27. The molecule has 1 amide bonds. The number of ether oxygens (including phenoxy) is 1. The third-order valence-electron chi connectivity index (χ3n) is 3.73. The molecule has 20 heavy (non-hydrogen) atoms. The van der Waals surface area contributed by atoms with Gasteiger partial charge in [-0.1, -0.05) is 25.1 Å². The number of nitrogens with zero attached hydrogens (tertiary/aromatic N) is 1. The molecule has 2 atom stereocenters.